The highest BCUT2D eigenvalue weighted by atomic mass is 32.2. The summed E-state index contributed by atoms with van der Waals surface area (Å²) in [5.74, 6) is 0. The zero-order chi connectivity index (χ0) is 18.9. The van der Waals surface area contributed by atoms with Crippen molar-refractivity contribution in [3.8, 4) is 11.1 Å². The fourth-order valence-electron chi connectivity index (χ4n) is 3.11. The Morgan fingerprint density at radius 3 is 2.04 bits per heavy atom. The number of alkyl halides is 3. The summed E-state index contributed by atoms with van der Waals surface area (Å²) in [6.45, 7) is 0.150. The van der Waals surface area contributed by atoms with E-state index in [4.69, 9.17) is 0 Å². The highest BCUT2D eigenvalue weighted by Crippen LogP contribution is 2.32. The molecule has 26 heavy (non-hydrogen) atoms. The third kappa shape index (κ3) is 3.62. The zero-order valence-electron chi connectivity index (χ0n) is 13.8. The summed E-state index contributed by atoms with van der Waals surface area (Å²) < 4.78 is 64.6. The van der Waals surface area contributed by atoms with Crippen LogP contribution in [0.5, 0.6) is 0 Å². The molecular formula is C18H18F3NO3S. The lowest BCUT2D eigenvalue weighted by atomic mass is 10.0. The van der Waals surface area contributed by atoms with Crippen LogP contribution in [0.15, 0.2) is 53.4 Å². The molecule has 1 aliphatic heterocycles. The van der Waals surface area contributed by atoms with Crippen LogP contribution in [0.25, 0.3) is 11.1 Å². The Labute approximate surface area is 149 Å². The molecule has 1 atom stereocenters. The number of aliphatic hydroxyl groups is 1. The number of hydrogen-bond donors (Lipinski definition) is 1. The van der Waals surface area contributed by atoms with Crippen LogP contribution < -0.4 is 0 Å². The summed E-state index contributed by atoms with van der Waals surface area (Å²) in [6, 6.07) is 10.3. The van der Waals surface area contributed by atoms with Gasteiger partial charge in [-0.3, -0.25) is 0 Å². The third-order valence-corrected chi connectivity index (χ3v) is 6.51. The van der Waals surface area contributed by atoms with Gasteiger partial charge >= 0.3 is 6.18 Å². The van der Waals surface area contributed by atoms with E-state index in [0.717, 1.165) is 12.1 Å². The second-order valence-corrected chi connectivity index (χ2v) is 8.08. The van der Waals surface area contributed by atoms with E-state index in [2.05, 4.69) is 0 Å². The maximum absolute atomic E-state index is 12.7. The Morgan fingerprint density at radius 2 is 1.54 bits per heavy atom. The number of sulfonamides is 1. The maximum Gasteiger partial charge on any atom is 0.416 e. The van der Waals surface area contributed by atoms with Gasteiger partial charge in [0.15, 0.2) is 0 Å². The van der Waals surface area contributed by atoms with Crippen molar-refractivity contribution in [2.24, 2.45) is 0 Å². The molecule has 4 nitrogen and oxygen atoms in total. The number of benzene rings is 2. The Hall–Kier alpha value is -1.90. The smallest absolute Gasteiger partial charge is 0.395 e. The quantitative estimate of drug-likeness (QED) is 0.876. The second-order valence-electron chi connectivity index (χ2n) is 6.19. The van der Waals surface area contributed by atoms with Crippen molar-refractivity contribution in [3.05, 3.63) is 54.1 Å². The van der Waals surface area contributed by atoms with E-state index in [-0.39, 0.29) is 11.5 Å². The van der Waals surface area contributed by atoms with Gasteiger partial charge in [-0.15, -0.1) is 0 Å². The summed E-state index contributed by atoms with van der Waals surface area (Å²) >= 11 is 0. The number of hydrogen-bond acceptors (Lipinski definition) is 3. The first-order valence-corrected chi connectivity index (χ1v) is 9.58. The molecule has 0 bridgehead atoms. The van der Waals surface area contributed by atoms with E-state index in [1.807, 2.05) is 0 Å². The summed E-state index contributed by atoms with van der Waals surface area (Å²) in [7, 11) is -3.70. The highest BCUT2D eigenvalue weighted by molar-refractivity contribution is 7.89. The normalized spacial score (nSPS) is 19.0. The third-order valence-electron chi connectivity index (χ3n) is 4.54. The van der Waals surface area contributed by atoms with Crippen LogP contribution in [0.2, 0.25) is 0 Å². The zero-order valence-corrected chi connectivity index (χ0v) is 14.6. The Morgan fingerprint density at radius 1 is 1.00 bits per heavy atom. The molecule has 1 aliphatic rings. The van der Waals surface area contributed by atoms with Crippen molar-refractivity contribution < 1.29 is 26.7 Å². The minimum Gasteiger partial charge on any atom is -0.395 e. The molecule has 0 amide bonds. The average Bonchev–Trinajstić information content (AvgIpc) is 3.11. The van der Waals surface area contributed by atoms with Gasteiger partial charge in [0.1, 0.15) is 0 Å². The number of halogens is 3. The van der Waals surface area contributed by atoms with Gasteiger partial charge in [0.2, 0.25) is 10.0 Å². The van der Waals surface area contributed by atoms with Gasteiger partial charge in [0, 0.05) is 12.6 Å². The van der Waals surface area contributed by atoms with Crippen LogP contribution in [0, 0.1) is 0 Å². The molecule has 1 N–H and O–H groups in total. The monoisotopic (exact) mass is 385 g/mol. The van der Waals surface area contributed by atoms with Gasteiger partial charge in [0.05, 0.1) is 17.1 Å². The maximum atomic E-state index is 12.7. The Bertz CT molecular complexity index is 862. The fourth-order valence-corrected chi connectivity index (χ4v) is 4.80. The largest absolute Gasteiger partial charge is 0.416 e. The van der Waals surface area contributed by atoms with E-state index in [9.17, 15) is 26.7 Å². The van der Waals surface area contributed by atoms with Gasteiger partial charge < -0.3 is 5.11 Å². The lowest BCUT2D eigenvalue weighted by molar-refractivity contribution is -0.137. The molecule has 3 rings (SSSR count). The Balaban J connectivity index is 1.84. The summed E-state index contributed by atoms with van der Waals surface area (Å²) in [5.41, 5.74) is 0.457. The van der Waals surface area contributed by atoms with Crippen LogP contribution in [0.4, 0.5) is 13.2 Å². The predicted molar refractivity (Wildman–Crippen MR) is 90.9 cm³/mol. The van der Waals surface area contributed by atoms with E-state index in [0.29, 0.717) is 30.5 Å². The molecule has 1 fully saturated rings. The topological polar surface area (TPSA) is 57.6 Å². The average molecular weight is 385 g/mol. The number of nitrogens with zero attached hydrogens (tertiary/aromatic N) is 1. The standard InChI is InChI=1S/C18H18F3NO3S/c19-18(20,21)15-7-3-13(4-8-15)14-5-9-17(10-6-14)26(24,25)22-11-1-2-16(22)12-23/h3-10,16,23H,1-2,11-12H2/t16-/m0/s1. The molecule has 0 unspecified atom stereocenters. The molecule has 0 aliphatic carbocycles. The van der Waals surface area contributed by atoms with Gasteiger partial charge in [-0.25, -0.2) is 8.42 Å². The first kappa shape index (κ1) is 18.9. The molecule has 0 radical (unpaired) electrons. The van der Waals surface area contributed by atoms with Crippen LogP contribution in [0.3, 0.4) is 0 Å². The van der Waals surface area contributed by atoms with E-state index < -0.39 is 27.8 Å². The molecule has 1 saturated heterocycles. The molecule has 0 saturated carbocycles. The van der Waals surface area contributed by atoms with Crippen LogP contribution in [-0.2, 0) is 16.2 Å². The van der Waals surface area contributed by atoms with Crippen molar-refractivity contribution >= 4 is 10.0 Å². The molecule has 8 heteroatoms. The van der Waals surface area contributed by atoms with E-state index in [1.54, 1.807) is 12.1 Å². The number of rotatable bonds is 4. The van der Waals surface area contributed by atoms with Gasteiger partial charge in [-0.05, 0) is 48.2 Å². The van der Waals surface area contributed by atoms with E-state index in [1.165, 1.54) is 28.6 Å². The first-order chi connectivity index (χ1) is 12.2. The number of aliphatic hydroxyl groups excluding tert-OH is 1. The summed E-state index contributed by atoms with van der Waals surface area (Å²) in [6.07, 6.45) is -3.07. The molecule has 1 heterocycles. The molecule has 0 aromatic heterocycles. The van der Waals surface area contributed by atoms with Crippen molar-refractivity contribution in [1.82, 2.24) is 4.31 Å². The van der Waals surface area contributed by atoms with Gasteiger partial charge in [-0.2, -0.15) is 17.5 Å². The molecule has 140 valence electrons. The Kier molecular flexibility index (Phi) is 5.09. The van der Waals surface area contributed by atoms with Crippen molar-refractivity contribution in [2.45, 2.75) is 30.0 Å². The minimum absolute atomic E-state index is 0.105. The van der Waals surface area contributed by atoms with E-state index >= 15 is 0 Å². The summed E-state index contributed by atoms with van der Waals surface area (Å²) in [4.78, 5) is 0.105. The molecule has 0 spiro atoms. The fraction of sp³-hybridized carbons (Fsp3) is 0.333. The SMILES string of the molecule is O=S(=O)(c1ccc(-c2ccc(C(F)(F)F)cc2)cc1)N1CCC[C@H]1CO. The molecule has 2 aromatic carbocycles. The van der Waals surface area contributed by atoms with Crippen molar-refractivity contribution in [2.75, 3.05) is 13.2 Å². The lowest BCUT2D eigenvalue weighted by Crippen LogP contribution is -2.37. The van der Waals surface area contributed by atoms with Crippen LogP contribution in [-0.4, -0.2) is 37.0 Å². The summed E-state index contributed by atoms with van der Waals surface area (Å²) in [5, 5.41) is 9.33. The first-order valence-electron chi connectivity index (χ1n) is 8.14. The van der Waals surface area contributed by atoms with Crippen molar-refractivity contribution in [1.29, 1.82) is 0 Å². The minimum atomic E-state index is -4.39. The molecular weight excluding hydrogens is 367 g/mol. The van der Waals surface area contributed by atoms with Crippen LogP contribution in [0.1, 0.15) is 18.4 Å². The van der Waals surface area contributed by atoms with Gasteiger partial charge in [-0.1, -0.05) is 24.3 Å². The predicted octanol–water partition coefficient (Wildman–Crippen LogP) is 3.52. The van der Waals surface area contributed by atoms with Crippen molar-refractivity contribution in [3.63, 3.8) is 0 Å². The van der Waals surface area contributed by atoms with Crippen LogP contribution >= 0.6 is 0 Å². The highest BCUT2D eigenvalue weighted by Gasteiger charge is 2.34. The molecule has 2 aromatic rings. The lowest BCUT2D eigenvalue weighted by Gasteiger charge is -2.22. The van der Waals surface area contributed by atoms with Gasteiger partial charge in [0.25, 0.3) is 0 Å². The second kappa shape index (κ2) is 7.02.